The van der Waals surface area contributed by atoms with E-state index in [1.165, 1.54) is 36.3 Å². The number of hydrogen-bond donors (Lipinski definition) is 1. The number of nitrogens with zero attached hydrogens (tertiary/aromatic N) is 1. The smallest absolute Gasteiger partial charge is 0.300 e. The number of aliphatic hydroxyl groups is 1. The number of Topliss-reactive ketones (excluding diaryl/α,β-unsaturated/α-hetero) is 1. The maximum Gasteiger partial charge on any atom is 0.300 e. The van der Waals surface area contributed by atoms with Crippen LogP contribution in [0.2, 0.25) is 5.02 Å². The van der Waals surface area contributed by atoms with Gasteiger partial charge in [0.05, 0.1) is 18.7 Å². The van der Waals surface area contributed by atoms with Gasteiger partial charge in [-0.05, 0) is 66.6 Å². The minimum Gasteiger partial charge on any atom is -0.507 e. The molecule has 1 heterocycles. The molecular weight excluding hydrogens is 433 g/mol. The number of benzene rings is 3. The normalized spacial score (nSPS) is 17.6. The van der Waals surface area contributed by atoms with Crippen LogP contribution >= 0.6 is 11.6 Å². The van der Waals surface area contributed by atoms with Crippen molar-refractivity contribution < 1.29 is 23.8 Å². The number of amides is 1. The van der Waals surface area contributed by atoms with Gasteiger partial charge in [-0.25, -0.2) is 4.39 Å². The van der Waals surface area contributed by atoms with Crippen molar-refractivity contribution in [3.8, 4) is 5.75 Å². The summed E-state index contributed by atoms with van der Waals surface area (Å²) in [7, 11) is 1.53. The highest BCUT2D eigenvalue weighted by Crippen LogP contribution is 2.42. The van der Waals surface area contributed by atoms with Crippen molar-refractivity contribution in [2.45, 2.75) is 13.0 Å². The van der Waals surface area contributed by atoms with Crippen molar-refractivity contribution in [2.24, 2.45) is 0 Å². The van der Waals surface area contributed by atoms with Gasteiger partial charge in [0.15, 0.2) is 0 Å². The van der Waals surface area contributed by atoms with Crippen LogP contribution in [0.4, 0.5) is 10.1 Å². The van der Waals surface area contributed by atoms with Crippen molar-refractivity contribution in [1.29, 1.82) is 0 Å². The number of carbonyl (C=O) groups excluding carboxylic acids is 2. The molecule has 32 heavy (non-hydrogen) atoms. The lowest BCUT2D eigenvalue weighted by Gasteiger charge is -2.25. The van der Waals surface area contributed by atoms with Gasteiger partial charge in [-0.1, -0.05) is 29.8 Å². The van der Waals surface area contributed by atoms with Crippen LogP contribution < -0.4 is 9.64 Å². The van der Waals surface area contributed by atoms with E-state index in [9.17, 15) is 19.1 Å². The molecule has 1 atom stereocenters. The van der Waals surface area contributed by atoms with Gasteiger partial charge in [0.1, 0.15) is 17.3 Å². The zero-order chi connectivity index (χ0) is 23.0. The van der Waals surface area contributed by atoms with Gasteiger partial charge in [-0.15, -0.1) is 0 Å². The van der Waals surface area contributed by atoms with Gasteiger partial charge in [-0.3, -0.25) is 14.5 Å². The number of hydrogen-bond acceptors (Lipinski definition) is 4. The van der Waals surface area contributed by atoms with Crippen LogP contribution in [0.3, 0.4) is 0 Å². The lowest BCUT2D eigenvalue weighted by atomic mass is 9.94. The van der Waals surface area contributed by atoms with Crippen LogP contribution in [-0.2, 0) is 9.59 Å². The summed E-state index contributed by atoms with van der Waals surface area (Å²) < 4.78 is 18.9. The fraction of sp³-hybridized carbons (Fsp3) is 0.120. The van der Waals surface area contributed by atoms with E-state index in [-0.39, 0.29) is 11.3 Å². The fourth-order valence-corrected chi connectivity index (χ4v) is 4.05. The van der Waals surface area contributed by atoms with Crippen LogP contribution in [0.5, 0.6) is 5.75 Å². The molecule has 1 unspecified atom stereocenters. The second-order valence-electron chi connectivity index (χ2n) is 7.38. The highest BCUT2D eigenvalue weighted by Gasteiger charge is 2.47. The van der Waals surface area contributed by atoms with Crippen molar-refractivity contribution in [2.75, 3.05) is 12.0 Å². The quantitative estimate of drug-likeness (QED) is 0.326. The minimum atomic E-state index is -0.962. The Kier molecular flexibility index (Phi) is 5.72. The van der Waals surface area contributed by atoms with E-state index < -0.39 is 23.5 Å². The zero-order valence-corrected chi connectivity index (χ0v) is 18.1. The van der Waals surface area contributed by atoms with Crippen LogP contribution in [0.1, 0.15) is 22.7 Å². The van der Waals surface area contributed by atoms with Crippen LogP contribution in [0.25, 0.3) is 5.76 Å². The van der Waals surface area contributed by atoms with Gasteiger partial charge in [-0.2, -0.15) is 0 Å². The van der Waals surface area contributed by atoms with Crippen molar-refractivity contribution in [1.82, 2.24) is 0 Å². The van der Waals surface area contributed by atoms with Gasteiger partial charge in [0, 0.05) is 16.3 Å². The lowest BCUT2D eigenvalue weighted by molar-refractivity contribution is -0.132. The molecule has 1 saturated heterocycles. The first-order chi connectivity index (χ1) is 15.3. The molecule has 0 aliphatic carbocycles. The summed E-state index contributed by atoms with van der Waals surface area (Å²) in [4.78, 5) is 27.4. The summed E-state index contributed by atoms with van der Waals surface area (Å²) in [5.41, 5.74) is 1.88. The second kappa shape index (κ2) is 8.48. The molecule has 0 aromatic heterocycles. The third kappa shape index (κ3) is 3.74. The second-order valence-corrected chi connectivity index (χ2v) is 7.82. The number of aliphatic hydroxyl groups excluding tert-OH is 1. The molecule has 1 N–H and O–H groups in total. The van der Waals surface area contributed by atoms with Crippen LogP contribution in [-0.4, -0.2) is 23.9 Å². The number of aryl methyl sites for hydroxylation is 1. The molecule has 5 nitrogen and oxygen atoms in total. The van der Waals surface area contributed by atoms with E-state index in [2.05, 4.69) is 0 Å². The molecule has 0 radical (unpaired) electrons. The third-order valence-corrected chi connectivity index (χ3v) is 5.62. The topological polar surface area (TPSA) is 66.8 Å². The molecule has 7 heteroatoms. The van der Waals surface area contributed by atoms with E-state index >= 15 is 0 Å². The van der Waals surface area contributed by atoms with E-state index in [0.717, 1.165) is 5.56 Å². The number of anilines is 1. The Balaban J connectivity index is 1.94. The van der Waals surface area contributed by atoms with Gasteiger partial charge in [0.25, 0.3) is 11.7 Å². The summed E-state index contributed by atoms with van der Waals surface area (Å²) in [6.07, 6.45) is 0. The molecule has 1 fully saturated rings. The van der Waals surface area contributed by atoms with Crippen molar-refractivity contribution in [3.63, 3.8) is 0 Å². The summed E-state index contributed by atoms with van der Waals surface area (Å²) >= 11 is 6.12. The fourth-order valence-electron chi connectivity index (χ4n) is 3.87. The number of ether oxygens (including phenoxy) is 1. The van der Waals surface area contributed by atoms with Crippen molar-refractivity contribution >= 4 is 34.7 Å². The first-order valence-electron chi connectivity index (χ1n) is 9.79. The summed E-state index contributed by atoms with van der Waals surface area (Å²) in [6, 6.07) is 15.9. The number of carbonyl (C=O) groups is 2. The first-order valence-corrected chi connectivity index (χ1v) is 10.2. The molecular formula is C25H19ClFNO4. The van der Waals surface area contributed by atoms with E-state index in [0.29, 0.717) is 27.6 Å². The van der Waals surface area contributed by atoms with E-state index in [4.69, 9.17) is 16.3 Å². The molecule has 0 spiro atoms. The van der Waals surface area contributed by atoms with E-state index in [1.54, 1.807) is 49.4 Å². The molecule has 3 aromatic carbocycles. The first kappa shape index (κ1) is 21.6. The number of rotatable bonds is 4. The number of ketones is 1. The van der Waals surface area contributed by atoms with Gasteiger partial charge >= 0.3 is 0 Å². The lowest BCUT2D eigenvalue weighted by Crippen LogP contribution is -2.29. The Labute approximate surface area is 189 Å². The molecule has 1 aliphatic rings. The molecule has 4 rings (SSSR count). The third-order valence-electron chi connectivity index (χ3n) is 5.38. The van der Waals surface area contributed by atoms with Crippen LogP contribution in [0, 0.1) is 12.7 Å². The predicted octanol–water partition coefficient (Wildman–Crippen LogP) is 5.42. The summed E-state index contributed by atoms with van der Waals surface area (Å²) in [6.45, 7) is 1.80. The molecule has 1 amide bonds. The van der Waals surface area contributed by atoms with Gasteiger partial charge < -0.3 is 9.84 Å². The molecule has 3 aromatic rings. The highest BCUT2D eigenvalue weighted by molar-refractivity contribution is 6.51. The number of methoxy groups -OCH3 is 1. The highest BCUT2D eigenvalue weighted by atomic mass is 35.5. The van der Waals surface area contributed by atoms with Crippen molar-refractivity contribution in [3.05, 3.63) is 99.8 Å². The standard InChI is InChI=1S/C25H19ClFNO4/c1-14-12-16(8-11-20(14)32-2)23(29)21-22(15-6-9-18(27)10-7-15)28(25(31)24(21)30)19-5-3-4-17(26)13-19/h3-13,22,29H,1-2H3/b23-21+. The average molecular weight is 452 g/mol. The Hall–Kier alpha value is -3.64. The molecule has 0 saturated carbocycles. The Morgan fingerprint density at radius 2 is 1.78 bits per heavy atom. The Bertz CT molecular complexity index is 1250. The maximum absolute atomic E-state index is 13.6. The average Bonchev–Trinajstić information content (AvgIpc) is 3.04. The molecule has 162 valence electrons. The monoisotopic (exact) mass is 451 g/mol. The van der Waals surface area contributed by atoms with Gasteiger partial charge in [0.2, 0.25) is 0 Å². The van der Waals surface area contributed by atoms with E-state index in [1.807, 2.05) is 0 Å². The zero-order valence-electron chi connectivity index (χ0n) is 17.3. The summed E-state index contributed by atoms with van der Waals surface area (Å²) in [5.74, 6) is -1.82. The Morgan fingerprint density at radius 1 is 1.06 bits per heavy atom. The SMILES string of the molecule is COc1ccc(/C(O)=C2\C(=O)C(=O)N(c3cccc(Cl)c3)C2c2ccc(F)cc2)cc1C. The predicted molar refractivity (Wildman–Crippen MR) is 120 cm³/mol. The minimum absolute atomic E-state index is 0.0915. The molecule has 0 bridgehead atoms. The summed E-state index contributed by atoms with van der Waals surface area (Å²) in [5, 5.41) is 11.5. The number of halogens is 2. The van der Waals surface area contributed by atoms with Crippen LogP contribution in [0.15, 0.2) is 72.3 Å². The maximum atomic E-state index is 13.6. The Morgan fingerprint density at radius 3 is 2.41 bits per heavy atom. The molecule has 1 aliphatic heterocycles. The largest absolute Gasteiger partial charge is 0.507 e.